The monoisotopic (exact) mass is 345 g/mol. The third-order valence-corrected chi connectivity index (χ3v) is 3.56. The summed E-state index contributed by atoms with van der Waals surface area (Å²) in [6, 6.07) is -1.38. The van der Waals surface area contributed by atoms with Gasteiger partial charge in [0, 0.05) is 6.04 Å². The van der Waals surface area contributed by atoms with E-state index in [1.807, 2.05) is 0 Å². The van der Waals surface area contributed by atoms with Gasteiger partial charge in [0.2, 0.25) is 0 Å². The number of aliphatic hydroxyl groups is 10. The smallest absolute Gasteiger partial charge is 0.111 e. The molecule has 0 aliphatic carbocycles. The molecular weight excluding hydrogens is 318 g/mol. The van der Waals surface area contributed by atoms with Gasteiger partial charge in [-0.05, 0) is 6.42 Å². The van der Waals surface area contributed by atoms with Crippen molar-refractivity contribution in [1.29, 1.82) is 0 Å². The topological polar surface area (TPSA) is 228 Å². The third-order valence-electron chi connectivity index (χ3n) is 3.56. The van der Waals surface area contributed by atoms with E-state index in [4.69, 9.17) is 21.1 Å². The largest absolute Gasteiger partial charge is 0.394 e. The Morgan fingerprint density at radius 2 is 0.870 bits per heavy atom. The molecule has 0 spiro atoms. The molecule has 0 fully saturated rings. The second-order valence-electron chi connectivity index (χ2n) is 5.42. The number of hydrogen-bond donors (Lipinski definition) is 11. The van der Waals surface area contributed by atoms with Crippen LogP contribution in [0.1, 0.15) is 6.42 Å². The molecule has 140 valence electrons. The SMILES string of the molecule is NC(CC(O)C(O)C(O)C(O)CO)C(O)C(O)C(O)C(O)CO. The lowest BCUT2D eigenvalue weighted by Crippen LogP contribution is -2.54. The predicted octanol–water partition coefficient (Wildman–Crippen LogP) is -6.42. The fourth-order valence-corrected chi connectivity index (χ4v) is 1.91. The van der Waals surface area contributed by atoms with E-state index in [1.54, 1.807) is 0 Å². The van der Waals surface area contributed by atoms with E-state index >= 15 is 0 Å². The summed E-state index contributed by atoms with van der Waals surface area (Å²) in [5.74, 6) is 0. The summed E-state index contributed by atoms with van der Waals surface area (Å²) in [7, 11) is 0. The highest BCUT2D eigenvalue weighted by Gasteiger charge is 2.36. The molecule has 0 heterocycles. The zero-order valence-corrected chi connectivity index (χ0v) is 12.4. The first-order valence-electron chi connectivity index (χ1n) is 7.00. The van der Waals surface area contributed by atoms with Gasteiger partial charge in [0.25, 0.3) is 0 Å². The van der Waals surface area contributed by atoms with Gasteiger partial charge in [-0.15, -0.1) is 0 Å². The number of hydrogen-bond acceptors (Lipinski definition) is 11. The number of nitrogens with two attached hydrogens (primary N) is 1. The van der Waals surface area contributed by atoms with Crippen molar-refractivity contribution < 1.29 is 51.1 Å². The van der Waals surface area contributed by atoms with Crippen molar-refractivity contribution in [2.24, 2.45) is 5.73 Å². The van der Waals surface area contributed by atoms with Crippen LogP contribution in [-0.2, 0) is 0 Å². The molecule has 0 saturated carbocycles. The van der Waals surface area contributed by atoms with E-state index in [0.29, 0.717) is 0 Å². The van der Waals surface area contributed by atoms with Crippen LogP contribution >= 0.6 is 0 Å². The summed E-state index contributed by atoms with van der Waals surface area (Å²) in [6.07, 6.45) is -15.1. The standard InChI is InChI=1S/C12H27NO10/c13-4(8(19)12(23)11(22)7(18)3-15)1-5(16)9(20)10(21)6(17)2-14/h4-12,14-23H,1-3,13H2. The number of rotatable bonds is 11. The van der Waals surface area contributed by atoms with Gasteiger partial charge in [-0.25, -0.2) is 0 Å². The van der Waals surface area contributed by atoms with E-state index in [-0.39, 0.29) is 0 Å². The lowest BCUT2D eigenvalue weighted by atomic mass is 9.92. The van der Waals surface area contributed by atoms with Crippen molar-refractivity contribution in [2.75, 3.05) is 13.2 Å². The van der Waals surface area contributed by atoms with Crippen molar-refractivity contribution in [3.05, 3.63) is 0 Å². The van der Waals surface area contributed by atoms with Crippen molar-refractivity contribution in [2.45, 2.75) is 61.3 Å². The molecule has 9 atom stereocenters. The second-order valence-corrected chi connectivity index (χ2v) is 5.42. The zero-order valence-electron chi connectivity index (χ0n) is 12.4. The highest BCUT2D eigenvalue weighted by atomic mass is 16.4. The summed E-state index contributed by atoms with van der Waals surface area (Å²) in [5, 5.41) is 93.2. The molecule has 0 aliphatic rings. The Morgan fingerprint density at radius 1 is 0.522 bits per heavy atom. The Balaban J connectivity index is 4.63. The van der Waals surface area contributed by atoms with Crippen molar-refractivity contribution >= 4 is 0 Å². The summed E-state index contributed by atoms with van der Waals surface area (Å²) in [4.78, 5) is 0. The van der Waals surface area contributed by atoms with Gasteiger partial charge < -0.3 is 56.8 Å². The van der Waals surface area contributed by atoms with Crippen LogP contribution in [-0.4, -0.2) is 119 Å². The first-order chi connectivity index (χ1) is 10.6. The van der Waals surface area contributed by atoms with E-state index in [2.05, 4.69) is 0 Å². The minimum Gasteiger partial charge on any atom is -0.394 e. The number of aliphatic hydroxyl groups excluding tert-OH is 10. The fraction of sp³-hybridized carbons (Fsp3) is 1.00. The molecule has 0 rings (SSSR count). The molecule has 0 aliphatic heterocycles. The minimum absolute atomic E-state index is 0.545. The Hall–Kier alpha value is -0.440. The van der Waals surface area contributed by atoms with Crippen LogP contribution in [0, 0.1) is 0 Å². The summed E-state index contributed by atoms with van der Waals surface area (Å²) in [5.41, 5.74) is 5.52. The molecule has 11 heteroatoms. The van der Waals surface area contributed by atoms with Crippen LogP contribution in [0.2, 0.25) is 0 Å². The highest BCUT2D eigenvalue weighted by molar-refractivity contribution is 4.90. The molecule has 0 aromatic rings. The third kappa shape index (κ3) is 6.52. The van der Waals surface area contributed by atoms with Crippen LogP contribution in [0.25, 0.3) is 0 Å². The summed E-state index contributed by atoms with van der Waals surface area (Å²) >= 11 is 0. The molecule has 0 aromatic heterocycles. The van der Waals surface area contributed by atoms with Gasteiger partial charge in [-0.3, -0.25) is 0 Å². The molecule has 0 saturated heterocycles. The van der Waals surface area contributed by atoms with Gasteiger partial charge in [0.1, 0.15) is 36.6 Å². The molecule has 0 amide bonds. The lowest BCUT2D eigenvalue weighted by molar-refractivity contribution is -0.133. The Morgan fingerprint density at radius 3 is 1.26 bits per heavy atom. The maximum absolute atomic E-state index is 9.75. The highest BCUT2D eigenvalue weighted by Crippen LogP contribution is 2.14. The van der Waals surface area contributed by atoms with Gasteiger partial charge in [-0.1, -0.05) is 0 Å². The summed E-state index contributed by atoms with van der Waals surface area (Å²) < 4.78 is 0. The van der Waals surface area contributed by atoms with Crippen LogP contribution < -0.4 is 5.73 Å². The average Bonchev–Trinajstić information content (AvgIpc) is 2.56. The molecular formula is C12H27NO10. The van der Waals surface area contributed by atoms with Crippen molar-refractivity contribution in [3.63, 3.8) is 0 Å². The Bertz CT molecular complexity index is 322. The molecule has 12 N–H and O–H groups in total. The maximum Gasteiger partial charge on any atom is 0.111 e. The van der Waals surface area contributed by atoms with Crippen molar-refractivity contribution in [3.8, 4) is 0 Å². The normalized spacial score (nSPS) is 24.1. The first kappa shape index (κ1) is 22.6. The summed E-state index contributed by atoms with van der Waals surface area (Å²) in [6.45, 7) is -1.73. The average molecular weight is 345 g/mol. The lowest BCUT2D eigenvalue weighted by Gasteiger charge is -2.32. The van der Waals surface area contributed by atoms with Crippen LogP contribution in [0.15, 0.2) is 0 Å². The predicted molar refractivity (Wildman–Crippen MR) is 74.8 cm³/mol. The second kappa shape index (κ2) is 10.4. The zero-order chi connectivity index (χ0) is 18.3. The first-order valence-corrected chi connectivity index (χ1v) is 7.00. The van der Waals surface area contributed by atoms with E-state index in [9.17, 15) is 35.7 Å². The quantitative estimate of drug-likeness (QED) is 0.169. The molecule has 0 bridgehead atoms. The Kier molecular flexibility index (Phi) is 10.2. The molecule has 9 unspecified atom stereocenters. The molecule has 0 radical (unpaired) electrons. The van der Waals surface area contributed by atoms with Crippen LogP contribution in [0.4, 0.5) is 0 Å². The van der Waals surface area contributed by atoms with Crippen molar-refractivity contribution in [1.82, 2.24) is 0 Å². The minimum atomic E-state index is -1.94. The van der Waals surface area contributed by atoms with Gasteiger partial charge in [0.15, 0.2) is 0 Å². The van der Waals surface area contributed by atoms with Gasteiger partial charge >= 0.3 is 0 Å². The van der Waals surface area contributed by atoms with E-state index in [0.717, 1.165) is 0 Å². The Labute approximate surface area is 132 Å². The van der Waals surface area contributed by atoms with Crippen LogP contribution in [0.5, 0.6) is 0 Å². The van der Waals surface area contributed by atoms with E-state index < -0.39 is 74.5 Å². The maximum atomic E-state index is 9.75. The molecule has 23 heavy (non-hydrogen) atoms. The molecule has 0 aromatic carbocycles. The van der Waals surface area contributed by atoms with Gasteiger partial charge in [0.05, 0.1) is 25.4 Å². The van der Waals surface area contributed by atoms with E-state index in [1.165, 1.54) is 0 Å². The van der Waals surface area contributed by atoms with Crippen LogP contribution in [0.3, 0.4) is 0 Å². The van der Waals surface area contributed by atoms with Gasteiger partial charge in [-0.2, -0.15) is 0 Å². The molecule has 11 nitrogen and oxygen atoms in total. The fourth-order valence-electron chi connectivity index (χ4n) is 1.91.